The number of rotatable bonds is 1. The molecule has 0 spiro atoms. The van der Waals surface area contributed by atoms with Crippen LogP contribution in [0.25, 0.3) is 0 Å². The molecule has 0 aromatic heterocycles. The zero-order valence-corrected chi connectivity index (χ0v) is 8.47. The van der Waals surface area contributed by atoms with Crippen molar-refractivity contribution in [1.29, 1.82) is 0 Å². The van der Waals surface area contributed by atoms with Gasteiger partial charge in [0.15, 0.2) is 0 Å². The number of carboxylic acid groups (broad SMARTS) is 1. The molecule has 0 saturated heterocycles. The summed E-state index contributed by atoms with van der Waals surface area (Å²) in [6, 6.07) is 4.34. The van der Waals surface area contributed by atoms with E-state index in [4.69, 9.17) is 5.11 Å². The second kappa shape index (κ2) is 3.40. The maximum absolute atomic E-state index is 13.3. The quantitative estimate of drug-likeness (QED) is 0.749. The third-order valence-corrected chi connectivity index (χ3v) is 2.04. The molecule has 76 valence electrons. The molecule has 2 nitrogen and oxygen atoms in total. The van der Waals surface area contributed by atoms with E-state index in [1.807, 2.05) is 20.8 Å². The van der Waals surface area contributed by atoms with Gasteiger partial charge in [-0.1, -0.05) is 32.9 Å². The molecule has 0 atom stereocenters. The van der Waals surface area contributed by atoms with Gasteiger partial charge in [-0.15, -0.1) is 0 Å². The summed E-state index contributed by atoms with van der Waals surface area (Å²) in [5.41, 5.74) is -0.0690. The largest absolute Gasteiger partial charge is 0.478 e. The van der Waals surface area contributed by atoms with Crippen molar-refractivity contribution in [3.8, 4) is 0 Å². The molecule has 0 fully saturated rings. The van der Waals surface area contributed by atoms with Gasteiger partial charge in [-0.25, -0.2) is 9.18 Å². The Balaban J connectivity index is 3.44. The summed E-state index contributed by atoms with van der Waals surface area (Å²) in [5, 5.41) is 8.87. The number of hydrogen-bond acceptors (Lipinski definition) is 1. The Kier molecular flexibility index (Phi) is 2.60. The van der Waals surface area contributed by atoms with Crippen LogP contribution in [0.4, 0.5) is 4.39 Å². The van der Waals surface area contributed by atoms with Crippen molar-refractivity contribution >= 4 is 5.97 Å². The average molecular weight is 196 g/mol. The van der Waals surface area contributed by atoms with Gasteiger partial charge < -0.3 is 5.11 Å². The zero-order chi connectivity index (χ0) is 10.9. The maximum atomic E-state index is 13.3. The Morgan fingerprint density at radius 3 is 2.29 bits per heavy atom. The van der Waals surface area contributed by atoms with Gasteiger partial charge in [0.2, 0.25) is 0 Å². The van der Waals surface area contributed by atoms with E-state index in [0.717, 1.165) is 0 Å². The van der Waals surface area contributed by atoms with Crippen molar-refractivity contribution in [1.82, 2.24) is 0 Å². The van der Waals surface area contributed by atoms with Gasteiger partial charge in [-0.3, -0.25) is 0 Å². The molecule has 1 N–H and O–H groups in total. The van der Waals surface area contributed by atoms with E-state index in [1.54, 1.807) is 6.07 Å². The van der Waals surface area contributed by atoms with E-state index in [-0.39, 0.29) is 11.0 Å². The summed E-state index contributed by atoms with van der Waals surface area (Å²) in [7, 11) is 0. The Hall–Kier alpha value is -1.38. The van der Waals surface area contributed by atoms with E-state index >= 15 is 0 Å². The van der Waals surface area contributed by atoms with Crippen molar-refractivity contribution in [2.45, 2.75) is 26.2 Å². The minimum absolute atomic E-state index is 0.222. The molecule has 0 bridgehead atoms. The van der Waals surface area contributed by atoms with Crippen molar-refractivity contribution in [3.63, 3.8) is 0 Å². The lowest BCUT2D eigenvalue weighted by Gasteiger charge is -2.21. The van der Waals surface area contributed by atoms with E-state index in [1.165, 1.54) is 12.1 Å². The fourth-order valence-electron chi connectivity index (χ4n) is 1.37. The summed E-state index contributed by atoms with van der Waals surface area (Å²) in [4.78, 5) is 10.8. The van der Waals surface area contributed by atoms with Gasteiger partial charge in [0.25, 0.3) is 0 Å². The third-order valence-electron chi connectivity index (χ3n) is 2.04. The van der Waals surface area contributed by atoms with E-state index in [0.29, 0.717) is 5.56 Å². The smallest absolute Gasteiger partial charge is 0.338 e. The fraction of sp³-hybridized carbons (Fsp3) is 0.364. The Labute approximate surface area is 82.4 Å². The van der Waals surface area contributed by atoms with E-state index in [9.17, 15) is 9.18 Å². The second-order valence-corrected chi connectivity index (χ2v) is 4.22. The summed E-state index contributed by atoms with van der Waals surface area (Å²) >= 11 is 0. The van der Waals surface area contributed by atoms with Gasteiger partial charge in [0.1, 0.15) is 5.82 Å². The van der Waals surface area contributed by atoms with Crippen molar-refractivity contribution < 1.29 is 14.3 Å². The first-order valence-electron chi connectivity index (χ1n) is 4.36. The topological polar surface area (TPSA) is 37.3 Å². The SMILES string of the molecule is CC(C)(C)c1cccc(F)c1C(=O)O. The summed E-state index contributed by atoms with van der Waals surface area (Å²) in [6.07, 6.45) is 0. The lowest BCUT2D eigenvalue weighted by Crippen LogP contribution is -2.18. The lowest BCUT2D eigenvalue weighted by atomic mass is 9.83. The molecule has 0 aliphatic carbocycles. The summed E-state index contributed by atoms with van der Waals surface area (Å²) in [5.74, 6) is -1.89. The highest BCUT2D eigenvalue weighted by molar-refractivity contribution is 5.90. The predicted octanol–water partition coefficient (Wildman–Crippen LogP) is 2.82. The van der Waals surface area contributed by atoms with Crippen molar-refractivity contribution in [2.75, 3.05) is 0 Å². The molecule has 0 aliphatic heterocycles. The normalized spacial score (nSPS) is 11.4. The van der Waals surface area contributed by atoms with Crippen molar-refractivity contribution in [2.24, 2.45) is 0 Å². The first kappa shape index (κ1) is 10.7. The number of hydrogen-bond donors (Lipinski definition) is 1. The zero-order valence-electron chi connectivity index (χ0n) is 8.47. The van der Waals surface area contributed by atoms with Gasteiger partial charge in [-0.05, 0) is 17.0 Å². The third kappa shape index (κ3) is 1.92. The predicted molar refractivity (Wildman–Crippen MR) is 52.1 cm³/mol. The van der Waals surface area contributed by atoms with Crippen LogP contribution in [0.2, 0.25) is 0 Å². The van der Waals surface area contributed by atoms with Crippen molar-refractivity contribution in [3.05, 3.63) is 35.1 Å². The van der Waals surface area contributed by atoms with Gasteiger partial charge >= 0.3 is 5.97 Å². The molecule has 0 heterocycles. The van der Waals surface area contributed by atoms with Crippen LogP contribution in [0.1, 0.15) is 36.7 Å². The molecular formula is C11H13FO2. The molecule has 0 amide bonds. The molecule has 1 aromatic rings. The number of carbonyl (C=O) groups is 1. The van der Waals surface area contributed by atoms with Crippen LogP contribution >= 0.6 is 0 Å². The average Bonchev–Trinajstić information content (AvgIpc) is 2.01. The van der Waals surface area contributed by atoms with E-state index in [2.05, 4.69) is 0 Å². The summed E-state index contributed by atoms with van der Waals surface area (Å²) < 4.78 is 13.3. The van der Waals surface area contributed by atoms with Crippen LogP contribution in [0.3, 0.4) is 0 Å². The first-order valence-corrected chi connectivity index (χ1v) is 4.36. The molecule has 0 unspecified atom stereocenters. The first-order chi connectivity index (χ1) is 6.34. The van der Waals surface area contributed by atoms with Crippen LogP contribution < -0.4 is 0 Å². The van der Waals surface area contributed by atoms with Crippen LogP contribution in [0, 0.1) is 5.82 Å². The van der Waals surface area contributed by atoms with Crippen LogP contribution in [0.5, 0.6) is 0 Å². The molecule has 1 aromatic carbocycles. The molecule has 0 saturated carbocycles. The number of aromatic carboxylic acids is 1. The standard InChI is InChI=1S/C11H13FO2/c1-11(2,3)7-5-4-6-8(12)9(7)10(13)14/h4-6H,1-3H3,(H,13,14). The molecule has 14 heavy (non-hydrogen) atoms. The van der Waals surface area contributed by atoms with Crippen LogP contribution in [0.15, 0.2) is 18.2 Å². The van der Waals surface area contributed by atoms with Gasteiger partial charge in [0, 0.05) is 0 Å². The van der Waals surface area contributed by atoms with Crippen LogP contribution in [-0.2, 0) is 5.41 Å². The Morgan fingerprint density at radius 1 is 1.36 bits per heavy atom. The van der Waals surface area contributed by atoms with E-state index < -0.39 is 11.8 Å². The highest BCUT2D eigenvalue weighted by atomic mass is 19.1. The Morgan fingerprint density at radius 2 is 1.93 bits per heavy atom. The fourth-order valence-corrected chi connectivity index (χ4v) is 1.37. The monoisotopic (exact) mass is 196 g/mol. The number of halogens is 1. The van der Waals surface area contributed by atoms with Gasteiger partial charge in [-0.2, -0.15) is 0 Å². The number of carboxylic acids is 1. The van der Waals surface area contributed by atoms with Crippen LogP contribution in [-0.4, -0.2) is 11.1 Å². The minimum Gasteiger partial charge on any atom is -0.478 e. The molecule has 0 aliphatic rings. The maximum Gasteiger partial charge on any atom is 0.338 e. The second-order valence-electron chi connectivity index (χ2n) is 4.22. The molecule has 0 radical (unpaired) electrons. The summed E-state index contributed by atoms with van der Waals surface area (Å²) in [6.45, 7) is 5.57. The lowest BCUT2D eigenvalue weighted by molar-refractivity contribution is 0.0689. The highest BCUT2D eigenvalue weighted by Gasteiger charge is 2.23. The Bertz CT molecular complexity index is 364. The molecule has 3 heteroatoms. The minimum atomic E-state index is -1.21. The highest BCUT2D eigenvalue weighted by Crippen LogP contribution is 2.27. The molecule has 1 rings (SSSR count). The van der Waals surface area contributed by atoms with Gasteiger partial charge in [0.05, 0.1) is 5.56 Å². The number of benzene rings is 1. The molecular weight excluding hydrogens is 183 g/mol.